The molecule has 102 valence electrons. The maximum atomic E-state index is 11.4. The van der Waals surface area contributed by atoms with E-state index in [2.05, 4.69) is 10.3 Å². The van der Waals surface area contributed by atoms with E-state index in [1.807, 2.05) is 18.2 Å². The summed E-state index contributed by atoms with van der Waals surface area (Å²) in [6.45, 7) is 0.660. The number of anilines is 1. The molecule has 1 saturated heterocycles. The van der Waals surface area contributed by atoms with Crippen LogP contribution in [0.4, 0.5) is 5.13 Å². The normalized spacial score (nSPS) is 21.8. The highest BCUT2D eigenvalue weighted by atomic mass is 35.5. The van der Waals surface area contributed by atoms with Crippen molar-refractivity contribution in [3.8, 4) is 0 Å². The molecule has 1 N–H and O–H groups in total. The van der Waals surface area contributed by atoms with Gasteiger partial charge in [-0.1, -0.05) is 22.9 Å². The van der Waals surface area contributed by atoms with Gasteiger partial charge < -0.3 is 5.32 Å². The molecule has 2 heterocycles. The number of fused-ring (bicyclic) bond motifs is 1. The van der Waals surface area contributed by atoms with Crippen molar-refractivity contribution >= 4 is 48.1 Å². The van der Waals surface area contributed by atoms with Gasteiger partial charge in [0.2, 0.25) is 0 Å². The predicted molar refractivity (Wildman–Crippen MR) is 79.9 cm³/mol. The molecule has 1 aromatic carbocycles. The van der Waals surface area contributed by atoms with Crippen molar-refractivity contribution in [3.63, 3.8) is 0 Å². The summed E-state index contributed by atoms with van der Waals surface area (Å²) >= 11 is 7.48. The number of halogens is 1. The number of sulfone groups is 1. The summed E-state index contributed by atoms with van der Waals surface area (Å²) in [7, 11) is -2.80. The van der Waals surface area contributed by atoms with Gasteiger partial charge in [0.25, 0.3) is 0 Å². The second kappa shape index (κ2) is 4.92. The van der Waals surface area contributed by atoms with E-state index in [1.165, 1.54) is 0 Å². The summed E-state index contributed by atoms with van der Waals surface area (Å²) < 4.78 is 23.8. The van der Waals surface area contributed by atoms with Crippen LogP contribution in [0.5, 0.6) is 0 Å². The van der Waals surface area contributed by atoms with E-state index in [9.17, 15) is 8.42 Å². The van der Waals surface area contributed by atoms with Crippen LogP contribution in [-0.4, -0.2) is 31.5 Å². The van der Waals surface area contributed by atoms with E-state index < -0.39 is 9.84 Å². The number of hydrogen-bond donors (Lipinski definition) is 1. The van der Waals surface area contributed by atoms with E-state index in [-0.39, 0.29) is 11.7 Å². The molecule has 1 unspecified atom stereocenters. The van der Waals surface area contributed by atoms with E-state index >= 15 is 0 Å². The van der Waals surface area contributed by atoms with Gasteiger partial charge in [-0.05, 0) is 30.5 Å². The van der Waals surface area contributed by atoms with Gasteiger partial charge in [-0.25, -0.2) is 13.4 Å². The van der Waals surface area contributed by atoms with E-state index in [1.54, 1.807) is 11.3 Å². The molecule has 19 heavy (non-hydrogen) atoms. The van der Waals surface area contributed by atoms with Crippen LogP contribution in [0.3, 0.4) is 0 Å². The minimum absolute atomic E-state index is 0.195. The Balaban J connectivity index is 1.69. The Morgan fingerprint density at radius 3 is 3.05 bits per heavy atom. The Bertz CT molecular complexity index is 712. The monoisotopic (exact) mass is 316 g/mol. The lowest BCUT2D eigenvalue weighted by atomic mass is 10.1. The zero-order chi connectivity index (χ0) is 13.5. The van der Waals surface area contributed by atoms with Crippen LogP contribution in [0.15, 0.2) is 18.2 Å². The van der Waals surface area contributed by atoms with Crippen molar-refractivity contribution in [2.75, 3.05) is 23.4 Å². The van der Waals surface area contributed by atoms with Crippen LogP contribution in [0.25, 0.3) is 10.2 Å². The first-order chi connectivity index (χ1) is 9.02. The second-order valence-electron chi connectivity index (χ2n) is 4.78. The molecule has 0 radical (unpaired) electrons. The van der Waals surface area contributed by atoms with Gasteiger partial charge in [0.1, 0.15) is 0 Å². The Labute approximate surface area is 120 Å². The lowest BCUT2D eigenvalue weighted by Crippen LogP contribution is -2.15. The summed E-state index contributed by atoms with van der Waals surface area (Å²) in [6, 6.07) is 5.62. The molecule has 1 aliphatic rings. The number of nitrogens with zero attached hydrogens (tertiary/aromatic N) is 1. The van der Waals surface area contributed by atoms with Crippen molar-refractivity contribution in [3.05, 3.63) is 23.2 Å². The van der Waals surface area contributed by atoms with Crippen molar-refractivity contribution in [2.24, 2.45) is 5.92 Å². The van der Waals surface area contributed by atoms with Crippen LogP contribution < -0.4 is 5.32 Å². The largest absolute Gasteiger partial charge is 0.361 e. The maximum absolute atomic E-state index is 11.4. The highest BCUT2D eigenvalue weighted by Gasteiger charge is 2.27. The molecule has 1 atom stereocenters. The van der Waals surface area contributed by atoms with Crippen LogP contribution in [0, 0.1) is 5.92 Å². The van der Waals surface area contributed by atoms with Gasteiger partial charge >= 0.3 is 0 Å². The minimum atomic E-state index is -2.80. The molecule has 4 nitrogen and oxygen atoms in total. The molecule has 1 fully saturated rings. The van der Waals surface area contributed by atoms with Crippen molar-refractivity contribution in [1.29, 1.82) is 0 Å². The van der Waals surface area contributed by atoms with Gasteiger partial charge in [-0.15, -0.1) is 0 Å². The fourth-order valence-electron chi connectivity index (χ4n) is 2.24. The van der Waals surface area contributed by atoms with Crippen LogP contribution in [0.2, 0.25) is 5.02 Å². The first-order valence-corrected chi connectivity index (χ1v) is 9.04. The molecule has 0 spiro atoms. The number of nitrogens with one attached hydrogen (secondary N) is 1. The van der Waals surface area contributed by atoms with E-state index in [4.69, 9.17) is 11.6 Å². The zero-order valence-electron chi connectivity index (χ0n) is 10.1. The van der Waals surface area contributed by atoms with E-state index in [0.717, 1.165) is 21.8 Å². The number of aromatic nitrogens is 1. The fourth-order valence-corrected chi connectivity index (χ4v) is 5.12. The molecule has 0 aliphatic carbocycles. The predicted octanol–water partition coefficient (Wildman–Crippen LogP) is 2.80. The van der Waals surface area contributed by atoms with Crippen LogP contribution in [0.1, 0.15) is 6.42 Å². The molecule has 2 aromatic rings. The number of hydrogen-bond acceptors (Lipinski definition) is 5. The smallest absolute Gasteiger partial charge is 0.183 e. The third-order valence-corrected chi connectivity index (χ3v) is 6.28. The highest BCUT2D eigenvalue weighted by Crippen LogP contribution is 2.28. The van der Waals surface area contributed by atoms with Gasteiger partial charge in [0, 0.05) is 11.6 Å². The quantitative estimate of drug-likeness (QED) is 0.946. The van der Waals surface area contributed by atoms with Crippen molar-refractivity contribution in [1.82, 2.24) is 4.98 Å². The lowest BCUT2D eigenvalue weighted by Gasteiger charge is -2.07. The topological polar surface area (TPSA) is 59.1 Å². The SMILES string of the molecule is O=S1(=O)CCC(CNc2nc3cc(Cl)ccc3s2)C1. The third-order valence-electron chi connectivity index (χ3n) is 3.22. The van der Waals surface area contributed by atoms with Gasteiger partial charge in [0.05, 0.1) is 21.7 Å². The first-order valence-electron chi connectivity index (χ1n) is 6.02. The van der Waals surface area contributed by atoms with Gasteiger partial charge in [0.15, 0.2) is 15.0 Å². The molecule has 1 aromatic heterocycles. The van der Waals surface area contributed by atoms with E-state index in [0.29, 0.717) is 17.3 Å². The third kappa shape index (κ3) is 3.01. The molecule has 3 rings (SSSR count). The highest BCUT2D eigenvalue weighted by molar-refractivity contribution is 7.91. The zero-order valence-corrected chi connectivity index (χ0v) is 12.5. The summed E-state index contributed by atoms with van der Waals surface area (Å²) in [6.07, 6.45) is 0.742. The Kier molecular flexibility index (Phi) is 3.41. The summed E-state index contributed by atoms with van der Waals surface area (Å²) in [5.74, 6) is 0.798. The van der Waals surface area contributed by atoms with Gasteiger partial charge in [-0.2, -0.15) is 0 Å². The molecule has 0 saturated carbocycles. The maximum Gasteiger partial charge on any atom is 0.183 e. The second-order valence-corrected chi connectivity index (χ2v) is 8.48. The summed E-state index contributed by atoms with van der Waals surface area (Å²) in [4.78, 5) is 4.44. The molecular weight excluding hydrogens is 304 g/mol. The summed E-state index contributed by atoms with van der Waals surface area (Å²) in [5, 5.41) is 4.73. The van der Waals surface area contributed by atoms with Crippen LogP contribution in [-0.2, 0) is 9.84 Å². The van der Waals surface area contributed by atoms with Crippen molar-refractivity contribution < 1.29 is 8.42 Å². The molecule has 7 heteroatoms. The Morgan fingerprint density at radius 2 is 2.32 bits per heavy atom. The fraction of sp³-hybridized carbons (Fsp3) is 0.417. The average Bonchev–Trinajstić information content (AvgIpc) is 2.89. The minimum Gasteiger partial charge on any atom is -0.361 e. The standard InChI is InChI=1S/C12H13ClN2O2S2/c13-9-1-2-11-10(5-9)15-12(18-11)14-6-8-3-4-19(16,17)7-8/h1-2,5,8H,3-4,6-7H2,(H,14,15). The summed E-state index contributed by atoms with van der Waals surface area (Å²) in [5.41, 5.74) is 0.874. The number of benzene rings is 1. The lowest BCUT2D eigenvalue weighted by molar-refractivity contribution is 0.596. The Morgan fingerprint density at radius 1 is 1.47 bits per heavy atom. The van der Waals surface area contributed by atoms with Crippen molar-refractivity contribution in [2.45, 2.75) is 6.42 Å². The number of rotatable bonds is 3. The number of thiazole rings is 1. The van der Waals surface area contributed by atoms with Crippen LogP contribution >= 0.6 is 22.9 Å². The molecule has 0 amide bonds. The average molecular weight is 317 g/mol. The van der Waals surface area contributed by atoms with Gasteiger partial charge in [-0.3, -0.25) is 0 Å². The molecule has 1 aliphatic heterocycles. The Hall–Kier alpha value is -0.850. The first kappa shape index (κ1) is 13.1. The molecule has 0 bridgehead atoms. The molecular formula is C12H13ClN2O2S2.